The molecule has 1 aliphatic carbocycles. The van der Waals surface area contributed by atoms with Gasteiger partial charge in [0.1, 0.15) is 17.7 Å². The van der Waals surface area contributed by atoms with Crippen molar-refractivity contribution in [3.8, 4) is 0 Å². The Morgan fingerprint density at radius 1 is 0.944 bits per heavy atom. The molecule has 1 nitrogen and oxygen atoms in total. The van der Waals surface area contributed by atoms with Gasteiger partial charge in [-0.1, -0.05) is 18.9 Å². The standard InChI is InChI=1S/C15H18F2O/c16-13-8-12(9-14(17)10-13)15(18)11-6-4-2-1-3-5-7-11/h6,8-10,15,18H,1-5,7H2/b11-6+. The summed E-state index contributed by atoms with van der Waals surface area (Å²) in [5.74, 6) is -1.29. The van der Waals surface area contributed by atoms with Crippen LogP contribution in [0.5, 0.6) is 0 Å². The van der Waals surface area contributed by atoms with Crippen LogP contribution in [0.3, 0.4) is 0 Å². The summed E-state index contributed by atoms with van der Waals surface area (Å²) in [7, 11) is 0. The number of aliphatic hydroxyl groups excluding tert-OH is 1. The highest BCUT2D eigenvalue weighted by Gasteiger charge is 2.16. The number of hydrogen-bond donors (Lipinski definition) is 1. The quantitative estimate of drug-likeness (QED) is 0.779. The molecule has 98 valence electrons. The number of aliphatic hydroxyl groups is 1. The van der Waals surface area contributed by atoms with Gasteiger partial charge in [0.2, 0.25) is 0 Å². The summed E-state index contributed by atoms with van der Waals surface area (Å²) in [5.41, 5.74) is 1.19. The maximum Gasteiger partial charge on any atom is 0.126 e. The first kappa shape index (κ1) is 13.2. The molecule has 0 saturated carbocycles. The SMILES string of the molecule is OC(/C1=C/CCCCCC1)c1cc(F)cc(F)c1. The molecule has 0 radical (unpaired) electrons. The fourth-order valence-electron chi connectivity index (χ4n) is 2.41. The van der Waals surface area contributed by atoms with Gasteiger partial charge in [-0.25, -0.2) is 8.78 Å². The Balaban J connectivity index is 2.20. The molecule has 1 atom stereocenters. The summed E-state index contributed by atoms with van der Waals surface area (Å²) in [6.07, 6.45) is 7.40. The number of allylic oxidation sites excluding steroid dienone is 1. The van der Waals surface area contributed by atoms with Crippen LogP contribution in [0.4, 0.5) is 8.78 Å². The monoisotopic (exact) mass is 252 g/mol. The Labute approximate surface area is 106 Å². The van der Waals surface area contributed by atoms with Crippen molar-refractivity contribution in [1.82, 2.24) is 0 Å². The molecule has 1 N–H and O–H groups in total. The minimum Gasteiger partial charge on any atom is -0.384 e. The summed E-state index contributed by atoms with van der Waals surface area (Å²) in [5, 5.41) is 10.2. The molecule has 1 aromatic carbocycles. The van der Waals surface area contributed by atoms with Crippen LogP contribution in [0.2, 0.25) is 0 Å². The second kappa shape index (κ2) is 6.10. The van der Waals surface area contributed by atoms with Crippen molar-refractivity contribution >= 4 is 0 Å². The van der Waals surface area contributed by atoms with E-state index in [4.69, 9.17) is 0 Å². The third-order valence-electron chi connectivity index (χ3n) is 3.38. The lowest BCUT2D eigenvalue weighted by atomic mass is 9.93. The van der Waals surface area contributed by atoms with Crippen LogP contribution in [-0.2, 0) is 0 Å². The molecule has 18 heavy (non-hydrogen) atoms. The predicted octanol–water partition coefficient (Wildman–Crippen LogP) is 4.28. The molecular formula is C15H18F2O. The van der Waals surface area contributed by atoms with Gasteiger partial charge in [-0.2, -0.15) is 0 Å². The van der Waals surface area contributed by atoms with Crippen molar-refractivity contribution in [2.45, 2.75) is 44.6 Å². The van der Waals surface area contributed by atoms with E-state index in [2.05, 4.69) is 0 Å². The van der Waals surface area contributed by atoms with Crippen molar-refractivity contribution in [1.29, 1.82) is 0 Å². The minimum absolute atomic E-state index is 0.305. The van der Waals surface area contributed by atoms with Crippen molar-refractivity contribution in [3.05, 3.63) is 47.0 Å². The molecule has 2 rings (SSSR count). The summed E-state index contributed by atoms with van der Waals surface area (Å²) in [6, 6.07) is 3.23. The number of hydrogen-bond acceptors (Lipinski definition) is 1. The minimum atomic E-state index is -0.881. The lowest BCUT2D eigenvalue weighted by Gasteiger charge is -2.18. The molecule has 0 spiro atoms. The van der Waals surface area contributed by atoms with E-state index in [1.54, 1.807) is 0 Å². The van der Waals surface area contributed by atoms with Crippen molar-refractivity contribution < 1.29 is 13.9 Å². The zero-order chi connectivity index (χ0) is 13.0. The van der Waals surface area contributed by atoms with E-state index in [0.29, 0.717) is 5.56 Å². The van der Waals surface area contributed by atoms with Crippen molar-refractivity contribution in [2.75, 3.05) is 0 Å². The molecule has 0 fully saturated rings. The zero-order valence-corrected chi connectivity index (χ0v) is 10.3. The maximum absolute atomic E-state index is 13.1. The topological polar surface area (TPSA) is 20.2 Å². The summed E-state index contributed by atoms with van der Waals surface area (Å²) in [4.78, 5) is 0. The fourth-order valence-corrected chi connectivity index (χ4v) is 2.41. The van der Waals surface area contributed by atoms with Gasteiger partial charge in [-0.15, -0.1) is 0 Å². The first-order chi connectivity index (χ1) is 8.66. The van der Waals surface area contributed by atoms with E-state index < -0.39 is 17.7 Å². The third kappa shape index (κ3) is 3.39. The Kier molecular flexibility index (Phi) is 4.48. The predicted molar refractivity (Wildman–Crippen MR) is 67.1 cm³/mol. The molecular weight excluding hydrogens is 234 g/mol. The number of rotatable bonds is 2. The highest BCUT2D eigenvalue weighted by atomic mass is 19.1. The average molecular weight is 252 g/mol. The van der Waals surface area contributed by atoms with E-state index >= 15 is 0 Å². The fraction of sp³-hybridized carbons (Fsp3) is 0.467. The van der Waals surface area contributed by atoms with E-state index in [1.807, 2.05) is 6.08 Å². The Hall–Kier alpha value is -1.22. The maximum atomic E-state index is 13.1. The Morgan fingerprint density at radius 2 is 1.61 bits per heavy atom. The molecule has 0 aliphatic heterocycles. The Bertz CT molecular complexity index is 420. The second-order valence-corrected chi connectivity index (χ2v) is 4.84. The number of halogens is 2. The molecule has 0 bridgehead atoms. The lowest BCUT2D eigenvalue weighted by Crippen LogP contribution is -2.04. The molecule has 1 aromatic rings. The van der Waals surface area contributed by atoms with Crippen LogP contribution < -0.4 is 0 Å². The van der Waals surface area contributed by atoms with Crippen LogP contribution in [0.25, 0.3) is 0 Å². The van der Waals surface area contributed by atoms with E-state index in [0.717, 1.165) is 43.7 Å². The smallest absolute Gasteiger partial charge is 0.126 e. The molecule has 3 heteroatoms. The molecule has 0 aromatic heterocycles. The summed E-state index contributed by atoms with van der Waals surface area (Å²) >= 11 is 0. The summed E-state index contributed by atoms with van der Waals surface area (Å²) < 4.78 is 26.3. The van der Waals surface area contributed by atoms with Crippen LogP contribution >= 0.6 is 0 Å². The van der Waals surface area contributed by atoms with Gasteiger partial charge < -0.3 is 5.11 Å². The van der Waals surface area contributed by atoms with Gasteiger partial charge in [-0.3, -0.25) is 0 Å². The second-order valence-electron chi connectivity index (χ2n) is 4.84. The van der Waals surface area contributed by atoms with Crippen LogP contribution in [0, 0.1) is 11.6 Å². The van der Waals surface area contributed by atoms with E-state index in [9.17, 15) is 13.9 Å². The first-order valence-corrected chi connectivity index (χ1v) is 6.50. The van der Waals surface area contributed by atoms with Crippen LogP contribution in [0.15, 0.2) is 29.8 Å². The normalized spacial score (nSPS) is 21.6. The largest absolute Gasteiger partial charge is 0.384 e. The first-order valence-electron chi connectivity index (χ1n) is 6.50. The van der Waals surface area contributed by atoms with Crippen LogP contribution in [-0.4, -0.2) is 5.11 Å². The molecule has 0 heterocycles. The van der Waals surface area contributed by atoms with E-state index in [-0.39, 0.29) is 0 Å². The van der Waals surface area contributed by atoms with Crippen molar-refractivity contribution in [3.63, 3.8) is 0 Å². The average Bonchev–Trinajstić information content (AvgIpc) is 2.26. The molecule has 0 saturated heterocycles. The zero-order valence-electron chi connectivity index (χ0n) is 10.3. The molecule has 0 amide bonds. The van der Waals surface area contributed by atoms with Crippen LogP contribution in [0.1, 0.15) is 50.2 Å². The third-order valence-corrected chi connectivity index (χ3v) is 3.38. The highest BCUT2D eigenvalue weighted by Crippen LogP contribution is 2.29. The van der Waals surface area contributed by atoms with E-state index in [1.165, 1.54) is 18.6 Å². The summed E-state index contributed by atoms with van der Waals surface area (Å²) in [6.45, 7) is 0. The number of benzene rings is 1. The highest BCUT2D eigenvalue weighted by molar-refractivity contribution is 5.27. The van der Waals surface area contributed by atoms with Gasteiger partial charge in [0.15, 0.2) is 0 Å². The Morgan fingerprint density at radius 3 is 2.33 bits per heavy atom. The van der Waals surface area contributed by atoms with Gasteiger partial charge >= 0.3 is 0 Å². The van der Waals surface area contributed by atoms with Gasteiger partial charge in [0.05, 0.1) is 0 Å². The molecule has 1 unspecified atom stereocenters. The van der Waals surface area contributed by atoms with Crippen molar-refractivity contribution in [2.24, 2.45) is 0 Å². The van der Waals surface area contributed by atoms with Gasteiger partial charge in [0, 0.05) is 6.07 Å². The molecule has 1 aliphatic rings. The lowest BCUT2D eigenvalue weighted by molar-refractivity contribution is 0.208. The van der Waals surface area contributed by atoms with Gasteiger partial charge in [0.25, 0.3) is 0 Å². The van der Waals surface area contributed by atoms with Gasteiger partial charge in [-0.05, 0) is 49.0 Å².